The van der Waals surface area contributed by atoms with E-state index in [1.54, 1.807) is 31.3 Å². The van der Waals surface area contributed by atoms with E-state index in [0.29, 0.717) is 12.0 Å². The van der Waals surface area contributed by atoms with Gasteiger partial charge < -0.3 is 10.6 Å². The van der Waals surface area contributed by atoms with Gasteiger partial charge in [-0.2, -0.15) is 0 Å². The van der Waals surface area contributed by atoms with Crippen LogP contribution in [-0.2, 0) is 9.84 Å². The molecule has 2 rings (SSSR count). The molecule has 0 aliphatic carbocycles. The monoisotopic (exact) mass is 268 g/mol. The van der Waals surface area contributed by atoms with Gasteiger partial charge in [0.05, 0.1) is 11.5 Å². The zero-order chi connectivity index (χ0) is 13.2. The maximum Gasteiger partial charge on any atom is 0.251 e. The van der Waals surface area contributed by atoms with Gasteiger partial charge >= 0.3 is 0 Å². The van der Waals surface area contributed by atoms with E-state index >= 15 is 0 Å². The van der Waals surface area contributed by atoms with Crippen molar-refractivity contribution in [3.05, 3.63) is 29.8 Å². The van der Waals surface area contributed by atoms with Crippen molar-refractivity contribution in [2.45, 2.75) is 12.5 Å². The Labute approximate surface area is 107 Å². The molecule has 98 valence electrons. The lowest BCUT2D eigenvalue weighted by Gasteiger charge is -2.11. The second-order valence-electron chi connectivity index (χ2n) is 4.40. The van der Waals surface area contributed by atoms with Gasteiger partial charge in [0.2, 0.25) is 0 Å². The predicted molar refractivity (Wildman–Crippen MR) is 70.5 cm³/mol. The molecule has 1 aromatic carbocycles. The largest absolute Gasteiger partial charge is 0.388 e. The Bertz CT molecular complexity index is 537. The average Bonchev–Trinajstić information content (AvgIpc) is 2.68. The molecule has 1 aliphatic rings. The fourth-order valence-electron chi connectivity index (χ4n) is 1.97. The summed E-state index contributed by atoms with van der Waals surface area (Å²) in [5.41, 5.74) is 1.47. The van der Waals surface area contributed by atoms with E-state index in [4.69, 9.17) is 0 Å². The van der Waals surface area contributed by atoms with E-state index in [0.717, 1.165) is 5.69 Å². The molecule has 1 aliphatic heterocycles. The first-order chi connectivity index (χ1) is 8.50. The van der Waals surface area contributed by atoms with Gasteiger partial charge in [-0.05, 0) is 30.7 Å². The molecule has 1 atom stereocenters. The highest BCUT2D eigenvalue weighted by molar-refractivity contribution is 7.91. The van der Waals surface area contributed by atoms with Crippen molar-refractivity contribution in [1.29, 1.82) is 0 Å². The number of carbonyl (C=O) groups is 1. The van der Waals surface area contributed by atoms with Crippen molar-refractivity contribution < 1.29 is 13.2 Å². The van der Waals surface area contributed by atoms with Crippen LogP contribution in [0.25, 0.3) is 0 Å². The quantitative estimate of drug-likeness (QED) is 0.844. The zero-order valence-electron chi connectivity index (χ0n) is 10.1. The Morgan fingerprint density at radius 3 is 2.44 bits per heavy atom. The predicted octanol–water partition coefficient (Wildman–Crippen LogP) is 0.645. The molecule has 0 aromatic heterocycles. The number of nitrogens with one attached hydrogen (secondary N) is 2. The van der Waals surface area contributed by atoms with Crippen LogP contribution in [0.5, 0.6) is 0 Å². The summed E-state index contributed by atoms with van der Waals surface area (Å²) in [5.74, 6) is -0.0102. The molecule has 1 unspecified atom stereocenters. The number of carbonyl (C=O) groups excluding carboxylic acids is 1. The highest BCUT2D eigenvalue weighted by Crippen LogP contribution is 2.13. The molecule has 1 heterocycles. The standard InChI is InChI=1S/C12H16N2O3S/c1-13-10-4-2-9(3-5-10)12(15)14-11-6-7-18(16,17)8-11/h2-5,11,13H,6-8H2,1H3,(H,14,15). The van der Waals surface area contributed by atoms with E-state index < -0.39 is 9.84 Å². The fraction of sp³-hybridized carbons (Fsp3) is 0.417. The summed E-state index contributed by atoms with van der Waals surface area (Å²) in [6, 6.07) is 6.78. The van der Waals surface area contributed by atoms with Crippen molar-refractivity contribution >= 4 is 21.4 Å². The minimum Gasteiger partial charge on any atom is -0.388 e. The number of hydrogen-bond donors (Lipinski definition) is 2. The number of sulfone groups is 1. The third-order valence-electron chi connectivity index (χ3n) is 3.00. The lowest BCUT2D eigenvalue weighted by atomic mass is 10.1. The second-order valence-corrected chi connectivity index (χ2v) is 6.63. The molecule has 0 radical (unpaired) electrons. The fourth-order valence-corrected chi connectivity index (χ4v) is 3.64. The van der Waals surface area contributed by atoms with Crippen LogP contribution in [0.15, 0.2) is 24.3 Å². The highest BCUT2D eigenvalue weighted by atomic mass is 32.2. The van der Waals surface area contributed by atoms with Crippen LogP contribution < -0.4 is 10.6 Å². The Hall–Kier alpha value is -1.56. The molecule has 1 fully saturated rings. The Morgan fingerprint density at radius 1 is 1.28 bits per heavy atom. The van der Waals surface area contributed by atoms with E-state index in [2.05, 4.69) is 10.6 Å². The number of benzene rings is 1. The second kappa shape index (κ2) is 4.97. The van der Waals surface area contributed by atoms with Crippen LogP contribution in [0, 0.1) is 0 Å². The summed E-state index contributed by atoms with van der Waals surface area (Å²) < 4.78 is 22.6. The van der Waals surface area contributed by atoms with Gasteiger partial charge in [-0.3, -0.25) is 4.79 Å². The van der Waals surface area contributed by atoms with Gasteiger partial charge in [0.15, 0.2) is 9.84 Å². The first kappa shape index (κ1) is 12.9. The smallest absolute Gasteiger partial charge is 0.251 e. The summed E-state index contributed by atoms with van der Waals surface area (Å²) >= 11 is 0. The summed E-state index contributed by atoms with van der Waals surface area (Å²) in [6.07, 6.45) is 0.503. The van der Waals surface area contributed by atoms with Gasteiger partial charge in [-0.15, -0.1) is 0 Å². The maximum absolute atomic E-state index is 11.9. The van der Waals surface area contributed by atoms with Gasteiger partial charge in [-0.25, -0.2) is 8.42 Å². The molecule has 1 aromatic rings. The molecule has 0 saturated carbocycles. The normalized spacial score (nSPS) is 21.5. The van der Waals surface area contributed by atoms with Crippen LogP contribution >= 0.6 is 0 Å². The average molecular weight is 268 g/mol. The number of amides is 1. The molecule has 0 bridgehead atoms. The molecule has 6 heteroatoms. The topological polar surface area (TPSA) is 75.3 Å². The maximum atomic E-state index is 11.9. The van der Waals surface area contributed by atoms with Crippen molar-refractivity contribution in [2.24, 2.45) is 0 Å². The van der Waals surface area contributed by atoms with Crippen LogP contribution in [0.4, 0.5) is 5.69 Å². The van der Waals surface area contributed by atoms with Crippen molar-refractivity contribution in [1.82, 2.24) is 5.32 Å². The lowest BCUT2D eigenvalue weighted by molar-refractivity contribution is 0.0941. The third-order valence-corrected chi connectivity index (χ3v) is 4.77. The third kappa shape index (κ3) is 3.01. The van der Waals surface area contributed by atoms with E-state index in [1.165, 1.54) is 0 Å². The van der Waals surface area contributed by atoms with Crippen LogP contribution in [0.2, 0.25) is 0 Å². The van der Waals surface area contributed by atoms with Crippen molar-refractivity contribution in [2.75, 3.05) is 23.9 Å². The Morgan fingerprint density at radius 2 is 1.94 bits per heavy atom. The highest BCUT2D eigenvalue weighted by Gasteiger charge is 2.28. The summed E-state index contributed by atoms with van der Waals surface area (Å²) in [4.78, 5) is 11.9. The van der Waals surface area contributed by atoms with E-state index in [1.807, 2.05) is 0 Å². The summed E-state index contributed by atoms with van der Waals surface area (Å²) in [5, 5.41) is 5.72. The molecule has 1 amide bonds. The molecule has 5 nitrogen and oxygen atoms in total. The first-order valence-corrected chi connectivity index (χ1v) is 7.61. The molecule has 2 N–H and O–H groups in total. The van der Waals surface area contributed by atoms with Crippen molar-refractivity contribution in [3.8, 4) is 0 Å². The Balaban J connectivity index is 1.99. The molecular weight excluding hydrogens is 252 g/mol. The van der Waals surface area contributed by atoms with Crippen LogP contribution in [0.1, 0.15) is 16.8 Å². The zero-order valence-corrected chi connectivity index (χ0v) is 11.0. The minimum absolute atomic E-state index is 0.0489. The lowest BCUT2D eigenvalue weighted by Crippen LogP contribution is -2.35. The number of rotatable bonds is 3. The molecule has 1 saturated heterocycles. The van der Waals surface area contributed by atoms with Gasteiger partial charge in [0, 0.05) is 24.3 Å². The van der Waals surface area contributed by atoms with Crippen LogP contribution in [-0.4, -0.2) is 38.9 Å². The molecule has 0 spiro atoms. The van der Waals surface area contributed by atoms with E-state index in [9.17, 15) is 13.2 Å². The van der Waals surface area contributed by atoms with Gasteiger partial charge in [0.1, 0.15) is 0 Å². The number of anilines is 1. The Kier molecular flexibility index (Phi) is 3.56. The van der Waals surface area contributed by atoms with Crippen LogP contribution in [0.3, 0.4) is 0 Å². The molecular formula is C12H16N2O3S. The van der Waals surface area contributed by atoms with E-state index in [-0.39, 0.29) is 23.5 Å². The van der Waals surface area contributed by atoms with Crippen molar-refractivity contribution in [3.63, 3.8) is 0 Å². The number of hydrogen-bond acceptors (Lipinski definition) is 4. The van der Waals surface area contributed by atoms with Gasteiger partial charge in [-0.1, -0.05) is 0 Å². The molecule has 18 heavy (non-hydrogen) atoms. The summed E-state index contributed by atoms with van der Waals surface area (Å²) in [7, 11) is -1.15. The van der Waals surface area contributed by atoms with Gasteiger partial charge in [0.25, 0.3) is 5.91 Å². The first-order valence-electron chi connectivity index (χ1n) is 5.79. The minimum atomic E-state index is -2.96. The summed E-state index contributed by atoms with van der Waals surface area (Å²) in [6.45, 7) is 0. The SMILES string of the molecule is CNc1ccc(C(=O)NC2CCS(=O)(=O)C2)cc1.